The fourth-order valence-electron chi connectivity index (χ4n) is 3.76. The van der Waals surface area contributed by atoms with Gasteiger partial charge in [-0.3, -0.25) is 14.5 Å². The maximum atomic E-state index is 13.8. The van der Waals surface area contributed by atoms with E-state index in [2.05, 4.69) is 0 Å². The Bertz CT molecular complexity index is 1000. The minimum absolute atomic E-state index is 0.192. The van der Waals surface area contributed by atoms with Gasteiger partial charge in [0.2, 0.25) is 0 Å². The van der Waals surface area contributed by atoms with E-state index in [9.17, 15) is 22.8 Å². The number of carbonyl (C=O) groups is 2. The largest absolute Gasteiger partial charge is 0.495 e. The number of benzene rings is 2. The lowest BCUT2D eigenvalue weighted by Gasteiger charge is -2.22. The van der Waals surface area contributed by atoms with Crippen LogP contribution in [0.2, 0.25) is 0 Å². The quantitative estimate of drug-likeness (QED) is 0.702. The van der Waals surface area contributed by atoms with Crippen LogP contribution in [0, 0.1) is 0 Å². The van der Waals surface area contributed by atoms with E-state index in [1.165, 1.54) is 27.6 Å². The van der Waals surface area contributed by atoms with Gasteiger partial charge in [-0.05, 0) is 37.1 Å². The predicted molar refractivity (Wildman–Crippen MR) is 107 cm³/mol. The molecule has 1 saturated heterocycles. The standard InChI is InChI=1S/C21H19F3N2O3S/c1-29-18-14(20(28)25-8-4-5-9-25)10-13(11-15(18)21(22,23)24)19(27)26-12-30-17-7-3-2-6-16(17)26/h2-3,6-7,10-11H,4-5,8-9,12H2,1H3. The van der Waals surface area contributed by atoms with Crippen molar-refractivity contribution in [3.8, 4) is 5.75 Å². The van der Waals surface area contributed by atoms with Gasteiger partial charge in [0.25, 0.3) is 11.8 Å². The maximum absolute atomic E-state index is 13.8. The molecule has 0 aliphatic carbocycles. The van der Waals surface area contributed by atoms with Crippen molar-refractivity contribution < 1.29 is 27.5 Å². The molecule has 2 aromatic carbocycles. The molecule has 1 fully saturated rings. The third-order valence-electron chi connectivity index (χ3n) is 5.22. The highest BCUT2D eigenvalue weighted by Crippen LogP contribution is 2.42. The van der Waals surface area contributed by atoms with E-state index in [1.54, 1.807) is 12.1 Å². The monoisotopic (exact) mass is 436 g/mol. The SMILES string of the molecule is COc1c(C(=O)N2CCCC2)cc(C(=O)N2CSc3ccccc32)cc1C(F)(F)F. The van der Waals surface area contributed by atoms with Crippen LogP contribution in [0.15, 0.2) is 41.3 Å². The van der Waals surface area contributed by atoms with E-state index in [0.717, 1.165) is 30.9 Å². The maximum Gasteiger partial charge on any atom is 0.420 e. The Morgan fingerprint density at radius 2 is 1.77 bits per heavy atom. The van der Waals surface area contributed by atoms with Crippen LogP contribution in [0.25, 0.3) is 0 Å². The zero-order valence-corrected chi connectivity index (χ0v) is 17.0. The van der Waals surface area contributed by atoms with Crippen LogP contribution in [0.1, 0.15) is 39.1 Å². The molecule has 0 spiro atoms. The number of hydrogen-bond donors (Lipinski definition) is 0. The average molecular weight is 436 g/mol. The van der Waals surface area contributed by atoms with Crippen molar-refractivity contribution >= 4 is 29.3 Å². The molecule has 2 heterocycles. The molecule has 0 aromatic heterocycles. The summed E-state index contributed by atoms with van der Waals surface area (Å²) in [6, 6.07) is 9.20. The highest BCUT2D eigenvalue weighted by Gasteiger charge is 2.39. The van der Waals surface area contributed by atoms with Crippen molar-refractivity contribution in [3.05, 3.63) is 53.1 Å². The number of hydrogen-bond acceptors (Lipinski definition) is 4. The highest BCUT2D eigenvalue weighted by atomic mass is 32.2. The van der Waals surface area contributed by atoms with Crippen LogP contribution in [0.5, 0.6) is 5.75 Å². The highest BCUT2D eigenvalue weighted by molar-refractivity contribution is 8.00. The molecule has 2 amide bonds. The summed E-state index contributed by atoms with van der Waals surface area (Å²) in [5, 5.41) is 0. The van der Waals surface area contributed by atoms with Crippen molar-refractivity contribution in [2.75, 3.05) is 31.0 Å². The Balaban J connectivity index is 1.81. The van der Waals surface area contributed by atoms with Gasteiger partial charge in [0.05, 0.1) is 29.8 Å². The summed E-state index contributed by atoms with van der Waals surface area (Å²) in [5.41, 5.74) is -0.913. The molecule has 5 nitrogen and oxygen atoms in total. The molecule has 4 rings (SSSR count). The second-order valence-electron chi connectivity index (χ2n) is 7.08. The van der Waals surface area contributed by atoms with E-state index >= 15 is 0 Å². The lowest BCUT2D eigenvalue weighted by Crippen LogP contribution is -2.31. The number of thioether (sulfide) groups is 1. The third kappa shape index (κ3) is 3.62. The number of anilines is 1. The Kier molecular flexibility index (Phi) is 5.40. The minimum Gasteiger partial charge on any atom is -0.495 e. The summed E-state index contributed by atoms with van der Waals surface area (Å²) in [6.07, 6.45) is -3.19. The molecule has 0 radical (unpaired) electrons. The lowest BCUT2D eigenvalue weighted by molar-refractivity contribution is -0.138. The fraction of sp³-hybridized carbons (Fsp3) is 0.333. The van der Waals surface area contributed by atoms with E-state index in [1.807, 2.05) is 12.1 Å². The van der Waals surface area contributed by atoms with Gasteiger partial charge in [0.15, 0.2) is 0 Å². The van der Waals surface area contributed by atoms with Gasteiger partial charge < -0.3 is 9.64 Å². The number of fused-ring (bicyclic) bond motifs is 1. The molecule has 0 unspecified atom stereocenters. The second kappa shape index (κ2) is 7.86. The Labute approximate surface area is 175 Å². The molecular formula is C21H19F3N2O3S. The second-order valence-corrected chi connectivity index (χ2v) is 8.06. The van der Waals surface area contributed by atoms with Crippen LogP contribution in [-0.2, 0) is 6.18 Å². The van der Waals surface area contributed by atoms with Gasteiger partial charge in [-0.25, -0.2) is 0 Å². The summed E-state index contributed by atoms with van der Waals surface area (Å²) in [7, 11) is 1.10. The fourth-order valence-corrected chi connectivity index (χ4v) is 4.79. The summed E-state index contributed by atoms with van der Waals surface area (Å²) in [4.78, 5) is 29.9. The zero-order valence-electron chi connectivity index (χ0n) is 16.2. The van der Waals surface area contributed by atoms with Crippen molar-refractivity contribution in [2.24, 2.45) is 0 Å². The van der Waals surface area contributed by atoms with Gasteiger partial charge in [-0.15, -0.1) is 11.8 Å². The summed E-state index contributed by atoms with van der Waals surface area (Å²) >= 11 is 1.43. The first kappa shape index (κ1) is 20.6. The average Bonchev–Trinajstić information content (AvgIpc) is 3.41. The minimum atomic E-state index is -4.78. The molecule has 2 aliphatic rings. The van der Waals surface area contributed by atoms with Gasteiger partial charge >= 0.3 is 6.18 Å². The van der Waals surface area contributed by atoms with Gasteiger partial charge in [-0.2, -0.15) is 13.2 Å². The van der Waals surface area contributed by atoms with Crippen molar-refractivity contribution in [3.63, 3.8) is 0 Å². The van der Waals surface area contributed by atoms with E-state index in [-0.39, 0.29) is 11.1 Å². The Morgan fingerprint density at radius 3 is 2.43 bits per heavy atom. The number of carbonyl (C=O) groups excluding carboxylic acids is 2. The first-order chi connectivity index (χ1) is 14.3. The number of rotatable bonds is 3. The molecular weight excluding hydrogens is 417 g/mol. The molecule has 0 N–H and O–H groups in total. The van der Waals surface area contributed by atoms with Crippen LogP contribution in [0.4, 0.5) is 18.9 Å². The van der Waals surface area contributed by atoms with Crippen molar-refractivity contribution in [1.82, 2.24) is 4.90 Å². The Hall–Kier alpha value is -2.68. The predicted octanol–water partition coefficient (Wildman–Crippen LogP) is 4.66. The number of methoxy groups -OCH3 is 1. The molecule has 9 heteroatoms. The first-order valence-corrected chi connectivity index (χ1v) is 10.4. The van der Waals surface area contributed by atoms with Crippen LogP contribution in [0.3, 0.4) is 0 Å². The van der Waals surface area contributed by atoms with Crippen molar-refractivity contribution in [1.29, 1.82) is 0 Å². The number of para-hydroxylation sites is 1. The van der Waals surface area contributed by atoms with Crippen molar-refractivity contribution in [2.45, 2.75) is 23.9 Å². The van der Waals surface area contributed by atoms with Crippen LogP contribution < -0.4 is 9.64 Å². The van der Waals surface area contributed by atoms with Crippen LogP contribution >= 0.6 is 11.8 Å². The third-order valence-corrected chi connectivity index (χ3v) is 6.26. The number of nitrogens with zero attached hydrogens (tertiary/aromatic N) is 2. The normalized spacial score (nSPS) is 16.0. The zero-order chi connectivity index (χ0) is 21.5. The molecule has 2 aromatic rings. The Morgan fingerprint density at radius 1 is 1.07 bits per heavy atom. The number of halogens is 3. The smallest absolute Gasteiger partial charge is 0.420 e. The lowest BCUT2D eigenvalue weighted by atomic mass is 10.0. The number of amides is 2. The number of alkyl halides is 3. The molecule has 30 heavy (non-hydrogen) atoms. The molecule has 0 saturated carbocycles. The molecule has 0 atom stereocenters. The van der Waals surface area contributed by atoms with Gasteiger partial charge in [0.1, 0.15) is 5.75 Å². The topological polar surface area (TPSA) is 49.9 Å². The summed E-state index contributed by atoms with van der Waals surface area (Å²) in [5.74, 6) is -1.40. The van der Waals surface area contributed by atoms with E-state index in [0.29, 0.717) is 24.7 Å². The summed E-state index contributed by atoms with van der Waals surface area (Å²) in [6.45, 7) is 0.940. The van der Waals surface area contributed by atoms with E-state index in [4.69, 9.17) is 4.74 Å². The van der Waals surface area contributed by atoms with Gasteiger partial charge in [0, 0.05) is 23.5 Å². The summed E-state index contributed by atoms with van der Waals surface area (Å²) < 4.78 is 46.3. The first-order valence-electron chi connectivity index (χ1n) is 9.43. The molecule has 158 valence electrons. The van der Waals surface area contributed by atoms with Gasteiger partial charge in [-0.1, -0.05) is 12.1 Å². The molecule has 2 aliphatic heterocycles. The van der Waals surface area contributed by atoms with Crippen LogP contribution in [-0.4, -0.2) is 42.8 Å². The number of likely N-dealkylation sites (tertiary alicyclic amines) is 1. The van der Waals surface area contributed by atoms with E-state index < -0.39 is 29.3 Å². The number of ether oxygens (including phenoxy) is 1. The molecule has 0 bridgehead atoms.